The largest absolute Gasteiger partial charge is 0.384 e. The number of anilines is 3. The average Bonchev–Trinajstić information content (AvgIpc) is 2.79. The molecule has 0 aliphatic carbocycles. The highest BCUT2D eigenvalue weighted by Crippen LogP contribution is 2.20. The first-order chi connectivity index (χ1) is 15.5. The minimum atomic E-state index is -0.300. The van der Waals surface area contributed by atoms with Crippen LogP contribution >= 0.6 is 0 Å². The van der Waals surface area contributed by atoms with Crippen LogP contribution in [0.25, 0.3) is 11.4 Å². The Morgan fingerprint density at radius 2 is 1.66 bits per heavy atom. The summed E-state index contributed by atoms with van der Waals surface area (Å²) in [6.45, 7) is 2.88. The molecule has 1 saturated heterocycles. The maximum absolute atomic E-state index is 12.2. The van der Waals surface area contributed by atoms with Gasteiger partial charge in [-0.15, -0.1) is 0 Å². The van der Waals surface area contributed by atoms with Crippen LogP contribution in [-0.4, -0.2) is 47.1 Å². The van der Waals surface area contributed by atoms with Crippen LogP contribution in [0, 0.1) is 0 Å². The van der Waals surface area contributed by atoms with Gasteiger partial charge < -0.3 is 26.6 Å². The molecule has 1 aliphatic rings. The molecule has 32 heavy (non-hydrogen) atoms. The lowest BCUT2D eigenvalue weighted by atomic mass is 10.1. The standard InChI is InChI=1S/C24H29N7O/c1-31-13-11-18(12-14-31)26-16-21-15-22(25)30-23(27-21)17-7-9-20(10-8-17)29-24(32)28-19-5-3-2-4-6-19/h2-10,15,18,26H,11-14,16H2,1H3,(H2,25,27,30)(H2,28,29,32). The van der Waals surface area contributed by atoms with Crippen molar-refractivity contribution in [1.29, 1.82) is 0 Å². The van der Waals surface area contributed by atoms with Crippen LogP contribution in [0.3, 0.4) is 0 Å². The number of nitrogens with two attached hydrogens (primary N) is 1. The van der Waals surface area contributed by atoms with E-state index in [9.17, 15) is 4.79 Å². The van der Waals surface area contributed by atoms with Crippen LogP contribution < -0.4 is 21.7 Å². The second kappa shape index (κ2) is 10.2. The fourth-order valence-electron chi connectivity index (χ4n) is 3.72. The smallest absolute Gasteiger partial charge is 0.323 e. The van der Waals surface area contributed by atoms with Gasteiger partial charge in [-0.25, -0.2) is 14.8 Å². The van der Waals surface area contributed by atoms with E-state index in [1.165, 1.54) is 0 Å². The number of aromatic nitrogens is 2. The zero-order chi connectivity index (χ0) is 22.3. The monoisotopic (exact) mass is 431 g/mol. The number of likely N-dealkylation sites (tertiary alicyclic amines) is 1. The van der Waals surface area contributed by atoms with E-state index in [1.807, 2.05) is 60.7 Å². The van der Waals surface area contributed by atoms with Crippen molar-refractivity contribution in [3.63, 3.8) is 0 Å². The Balaban J connectivity index is 1.37. The number of urea groups is 1. The van der Waals surface area contributed by atoms with Crippen LogP contribution in [0.1, 0.15) is 18.5 Å². The number of amides is 2. The molecule has 5 N–H and O–H groups in total. The third-order valence-electron chi connectivity index (χ3n) is 5.52. The molecule has 2 heterocycles. The van der Waals surface area contributed by atoms with Gasteiger partial charge in [0, 0.05) is 35.6 Å². The minimum Gasteiger partial charge on any atom is -0.384 e. The van der Waals surface area contributed by atoms with Crippen molar-refractivity contribution in [2.45, 2.75) is 25.4 Å². The lowest BCUT2D eigenvalue weighted by Gasteiger charge is -2.29. The summed E-state index contributed by atoms with van der Waals surface area (Å²) in [6.07, 6.45) is 2.27. The van der Waals surface area contributed by atoms with Gasteiger partial charge in [0.2, 0.25) is 0 Å². The number of carbonyl (C=O) groups is 1. The summed E-state index contributed by atoms with van der Waals surface area (Å²) in [5.41, 5.74) is 9.16. The first-order valence-electron chi connectivity index (χ1n) is 10.8. The van der Waals surface area contributed by atoms with E-state index in [1.54, 1.807) is 0 Å². The molecule has 2 aromatic carbocycles. The van der Waals surface area contributed by atoms with Gasteiger partial charge in [0.1, 0.15) is 5.82 Å². The number of para-hydroxylation sites is 1. The number of benzene rings is 2. The maximum atomic E-state index is 12.2. The second-order valence-electron chi connectivity index (χ2n) is 8.09. The van der Waals surface area contributed by atoms with Gasteiger partial charge in [-0.3, -0.25) is 0 Å². The van der Waals surface area contributed by atoms with E-state index in [-0.39, 0.29) is 6.03 Å². The molecule has 166 valence electrons. The fraction of sp³-hybridized carbons (Fsp3) is 0.292. The van der Waals surface area contributed by atoms with E-state index in [0.717, 1.165) is 42.9 Å². The molecule has 1 aliphatic heterocycles. The summed E-state index contributed by atoms with van der Waals surface area (Å²) < 4.78 is 0. The maximum Gasteiger partial charge on any atom is 0.323 e. The highest BCUT2D eigenvalue weighted by Gasteiger charge is 2.16. The Morgan fingerprint density at radius 3 is 2.34 bits per heavy atom. The van der Waals surface area contributed by atoms with Crippen molar-refractivity contribution in [3.05, 3.63) is 66.4 Å². The molecule has 4 rings (SSSR count). The van der Waals surface area contributed by atoms with Crippen molar-refractivity contribution in [2.24, 2.45) is 0 Å². The molecule has 1 fully saturated rings. The van der Waals surface area contributed by atoms with E-state index in [0.29, 0.717) is 29.9 Å². The summed E-state index contributed by atoms with van der Waals surface area (Å²) in [4.78, 5) is 23.6. The molecule has 8 heteroatoms. The van der Waals surface area contributed by atoms with Crippen LogP contribution in [-0.2, 0) is 6.54 Å². The second-order valence-corrected chi connectivity index (χ2v) is 8.09. The van der Waals surface area contributed by atoms with Crippen molar-refractivity contribution in [3.8, 4) is 11.4 Å². The van der Waals surface area contributed by atoms with Gasteiger partial charge in [0.15, 0.2) is 5.82 Å². The number of nitrogens with one attached hydrogen (secondary N) is 3. The molecule has 2 amide bonds. The first kappa shape index (κ1) is 21.7. The molecule has 0 atom stereocenters. The van der Waals surface area contributed by atoms with Gasteiger partial charge in [-0.2, -0.15) is 0 Å². The molecule has 0 bridgehead atoms. The van der Waals surface area contributed by atoms with E-state index in [2.05, 4.69) is 37.9 Å². The SMILES string of the molecule is CN1CCC(NCc2cc(N)nc(-c3ccc(NC(=O)Nc4ccccc4)cc3)n2)CC1. The number of nitrogen functional groups attached to an aromatic ring is 1. The van der Waals surface area contributed by atoms with Gasteiger partial charge in [0.25, 0.3) is 0 Å². The Hall–Kier alpha value is -3.49. The average molecular weight is 432 g/mol. The van der Waals surface area contributed by atoms with Crippen LogP contribution in [0.2, 0.25) is 0 Å². The van der Waals surface area contributed by atoms with Gasteiger partial charge in [0.05, 0.1) is 5.69 Å². The molecule has 8 nitrogen and oxygen atoms in total. The summed E-state index contributed by atoms with van der Waals surface area (Å²) in [7, 11) is 2.16. The third-order valence-corrected chi connectivity index (χ3v) is 5.52. The predicted molar refractivity (Wildman–Crippen MR) is 128 cm³/mol. The zero-order valence-electron chi connectivity index (χ0n) is 18.2. The van der Waals surface area contributed by atoms with Crippen molar-refractivity contribution in [1.82, 2.24) is 20.2 Å². The molecule has 0 saturated carbocycles. The number of rotatable bonds is 6. The zero-order valence-corrected chi connectivity index (χ0v) is 18.2. The van der Waals surface area contributed by atoms with Crippen molar-refractivity contribution in [2.75, 3.05) is 36.5 Å². The van der Waals surface area contributed by atoms with E-state index < -0.39 is 0 Å². The predicted octanol–water partition coefficient (Wildman–Crippen LogP) is 3.55. The van der Waals surface area contributed by atoms with Crippen LogP contribution in [0.4, 0.5) is 22.0 Å². The van der Waals surface area contributed by atoms with Gasteiger partial charge in [-0.05, 0) is 69.4 Å². The highest BCUT2D eigenvalue weighted by atomic mass is 16.2. The quantitative estimate of drug-likeness (QED) is 0.475. The fourth-order valence-corrected chi connectivity index (χ4v) is 3.72. The third kappa shape index (κ3) is 6.03. The molecule has 0 unspecified atom stereocenters. The number of hydrogen-bond donors (Lipinski definition) is 4. The number of carbonyl (C=O) groups excluding carboxylic acids is 1. The lowest BCUT2D eigenvalue weighted by molar-refractivity contribution is 0.233. The summed E-state index contributed by atoms with van der Waals surface area (Å²) in [5, 5.41) is 9.20. The lowest BCUT2D eigenvalue weighted by Crippen LogP contribution is -2.40. The number of hydrogen-bond acceptors (Lipinski definition) is 6. The van der Waals surface area contributed by atoms with Crippen LogP contribution in [0.15, 0.2) is 60.7 Å². The Kier molecular flexibility index (Phi) is 6.94. The molecule has 0 spiro atoms. The molecule has 3 aromatic rings. The Morgan fingerprint density at radius 1 is 1.00 bits per heavy atom. The Bertz CT molecular complexity index is 1030. The van der Waals surface area contributed by atoms with Crippen LogP contribution in [0.5, 0.6) is 0 Å². The number of nitrogens with zero attached hydrogens (tertiary/aromatic N) is 3. The van der Waals surface area contributed by atoms with Gasteiger partial charge in [-0.1, -0.05) is 18.2 Å². The normalized spacial score (nSPS) is 14.8. The molecular weight excluding hydrogens is 402 g/mol. The molecule has 1 aromatic heterocycles. The summed E-state index contributed by atoms with van der Waals surface area (Å²) in [6, 6.07) is 18.7. The topological polar surface area (TPSA) is 108 Å². The van der Waals surface area contributed by atoms with Crippen molar-refractivity contribution < 1.29 is 4.79 Å². The van der Waals surface area contributed by atoms with E-state index >= 15 is 0 Å². The Labute approximate surface area is 188 Å². The molecular formula is C24H29N7O. The first-order valence-corrected chi connectivity index (χ1v) is 10.8. The van der Waals surface area contributed by atoms with E-state index in [4.69, 9.17) is 5.73 Å². The highest BCUT2D eigenvalue weighted by molar-refractivity contribution is 5.99. The summed E-state index contributed by atoms with van der Waals surface area (Å²) >= 11 is 0. The van der Waals surface area contributed by atoms with Gasteiger partial charge >= 0.3 is 6.03 Å². The molecule has 0 radical (unpaired) electrons. The summed E-state index contributed by atoms with van der Waals surface area (Å²) in [5.74, 6) is 1.02. The minimum absolute atomic E-state index is 0.300. The van der Waals surface area contributed by atoms with Crippen molar-refractivity contribution >= 4 is 23.2 Å². The number of piperidine rings is 1.